The van der Waals surface area contributed by atoms with Gasteiger partial charge in [0.05, 0.1) is 20.2 Å². The van der Waals surface area contributed by atoms with Crippen molar-refractivity contribution in [3.63, 3.8) is 0 Å². The number of benzene rings is 2. The standard InChI is InChI=1S/C23H18ClFN4O5S2/c1-11(30)22(26)29-36(33,34)17-10-12(6-7-13(17)25)20(31)19(21(32)16-8-9-18(24)35-16)23-27-14-4-2-3-5-15(14)28-23/h2-10,19,22,29H,26H2,1H3,(H,27,28). The summed E-state index contributed by atoms with van der Waals surface area (Å²) in [5.74, 6) is -4.79. The molecule has 2 aromatic carbocycles. The molecule has 186 valence electrons. The van der Waals surface area contributed by atoms with Gasteiger partial charge < -0.3 is 10.7 Å². The Morgan fingerprint density at radius 1 is 1.11 bits per heavy atom. The number of halogens is 2. The van der Waals surface area contributed by atoms with Crippen molar-refractivity contribution in [2.45, 2.75) is 23.9 Å². The van der Waals surface area contributed by atoms with Crippen molar-refractivity contribution < 1.29 is 27.2 Å². The summed E-state index contributed by atoms with van der Waals surface area (Å²) in [6.45, 7) is 1.06. The number of carbonyl (C=O) groups excluding carboxylic acids is 3. The van der Waals surface area contributed by atoms with Crippen LogP contribution in [0, 0.1) is 5.82 Å². The van der Waals surface area contributed by atoms with Crippen LogP contribution in [0.3, 0.4) is 0 Å². The molecular weight excluding hydrogens is 531 g/mol. The van der Waals surface area contributed by atoms with Gasteiger partial charge in [0.1, 0.15) is 28.6 Å². The molecular formula is C23H18ClFN4O5S2. The van der Waals surface area contributed by atoms with E-state index in [4.69, 9.17) is 17.3 Å². The number of nitrogens with one attached hydrogen (secondary N) is 2. The number of para-hydroxylation sites is 2. The third-order valence-corrected chi connectivity index (χ3v) is 7.95. The van der Waals surface area contributed by atoms with Crippen molar-refractivity contribution in [2.75, 3.05) is 0 Å². The van der Waals surface area contributed by atoms with Crippen LogP contribution in [0.2, 0.25) is 4.34 Å². The van der Waals surface area contributed by atoms with E-state index in [0.717, 1.165) is 36.5 Å². The average Bonchev–Trinajstić information content (AvgIpc) is 3.45. The molecule has 0 saturated carbocycles. The summed E-state index contributed by atoms with van der Waals surface area (Å²) in [4.78, 5) is 45.1. The lowest BCUT2D eigenvalue weighted by Crippen LogP contribution is -2.46. The number of aromatic amines is 1. The molecule has 9 nitrogen and oxygen atoms in total. The molecule has 4 rings (SSSR count). The van der Waals surface area contributed by atoms with Gasteiger partial charge in [0.2, 0.25) is 10.0 Å². The Hall–Kier alpha value is -3.29. The van der Waals surface area contributed by atoms with Crippen LogP contribution in [0.25, 0.3) is 11.0 Å². The van der Waals surface area contributed by atoms with E-state index in [0.29, 0.717) is 15.4 Å². The van der Waals surface area contributed by atoms with Crippen LogP contribution < -0.4 is 10.5 Å². The molecule has 0 saturated heterocycles. The Balaban J connectivity index is 1.80. The molecule has 2 heterocycles. The number of imidazole rings is 1. The average molecular weight is 549 g/mol. The zero-order valence-electron chi connectivity index (χ0n) is 18.5. The fraction of sp³-hybridized carbons (Fsp3) is 0.130. The molecule has 13 heteroatoms. The minimum absolute atomic E-state index is 0.0289. The molecule has 0 amide bonds. The molecule has 2 aromatic heterocycles. The lowest BCUT2D eigenvalue weighted by atomic mass is 9.92. The van der Waals surface area contributed by atoms with Crippen LogP contribution in [0.5, 0.6) is 0 Å². The van der Waals surface area contributed by atoms with E-state index in [9.17, 15) is 27.2 Å². The number of nitrogens with two attached hydrogens (primary N) is 1. The third-order valence-electron chi connectivity index (χ3n) is 5.25. The van der Waals surface area contributed by atoms with Crippen LogP contribution in [-0.4, -0.2) is 41.9 Å². The van der Waals surface area contributed by atoms with E-state index in [1.807, 2.05) is 4.72 Å². The van der Waals surface area contributed by atoms with E-state index >= 15 is 0 Å². The second-order valence-corrected chi connectivity index (χ2v) is 11.2. The summed E-state index contributed by atoms with van der Waals surface area (Å²) in [5, 5.41) is 0. The molecule has 36 heavy (non-hydrogen) atoms. The Kier molecular flexibility index (Phi) is 7.16. The number of rotatable bonds is 9. The van der Waals surface area contributed by atoms with Crippen molar-refractivity contribution in [1.82, 2.24) is 14.7 Å². The highest BCUT2D eigenvalue weighted by atomic mass is 35.5. The Labute approximate surface area is 213 Å². The smallest absolute Gasteiger partial charge is 0.245 e. The number of hydrogen-bond acceptors (Lipinski definition) is 8. The first-order valence-electron chi connectivity index (χ1n) is 10.3. The molecule has 0 aliphatic heterocycles. The van der Waals surface area contributed by atoms with Gasteiger partial charge in [-0.05, 0) is 49.4 Å². The molecule has 0 bridgehead atoms. The number of aromatic nitrogens is 2. The molecule has 2 unspecified atom stereocenters. The van der Waals surface area contributed by atoms with Gasteiger partial charge in [-0.2, -0.15) is 4.72 Å². The number of Topliss-reactive ketones (excluding diaryl/α,β-unsaturated/α-hetero) is 3. The maximum atomic E-state index is 14.5. The molecule has 0 radical (unpaired) electrons. The van der Waals surface area contributed by atoms with Crippen LogP contribution in [0.4, 0.5) is 4.39 Å². The number of hydrogen-bond donors (Lipinski definition) is 3. The van der Waals surface area contributed by atoms with E-state index in [-0.39, 0.29) is 16.3 Å². The fourth-order valence-corrected chi connectivity index (χ4v) is 5.66. The number of fused-ring (bicyclic) bond motifs is 1. The van der Waals surface area contributed by atoms with Gasteiger partial charge in [-0.25, -0.2) is 17.8 Å². The predicted octanol–water partition coefficient (Wildman–Crippen LogP) is 3.42. The second kappa shape index (κ2) is 9.99. The Morgan fingerprint density at radius 2 is 1.83 bits per heavy atom. The van der Waals surface area contributed by atoms with Crippen LogP contribution in [0.1, 0.15) is 38.7 Å². The van der Waals surface area contributed by atoms with Gasteiger partial charge in [0, 0.05) is 5.56 Å². The molecule has 0 fully saturated rings. The number of sulfonamides is 1. The van der Waals surface area contributed by atoms with E-state index < -0.39 is 50.2 Å². The summed E-state index contributed by atoms with van der Waals surface area (Å²) in [6, 6.07) is 12.5. The number of thiophene rings is 1. The summed E-state index contributed by atoms with van der Waals surface area (Å²) in [6.07, 6.45) is -1.61. The first-order valence-corrected chi connectivity index (χ1v) is 13.0. The van der Waals surface area contributed by atoms with Crippen molar-refractivity contribution in [3.8, 4) is 0 Å². The van der Waals surface area contributed by atoms with Crippen LogP contribution in [0.15, 0.2) is 59.5 Å². The van der Waals surface area contributed by atoms with Gasteiger partial charge >= 0.3 is 0 Å². The lowest BCUT2D eigenvalue weighted by Gasteiger charge is -2.15. The summed E-state index contributed by atoms with van der Waals surface area (Å²) < 4.78 is 42.0. The van der Waals surface area contributed by atoms with Gasteiger partial charge in [-0.15, -0.1) is 11.3 Å². The molecule has 2 atom stereocenters. The predicted molar refractivity (Wildman–Crippen MR) is 132 cm³/mol. The van der Waals surface area contributed by atoms with Gasteiger partial charge in [0.15, 0.2) is 17.3 Å². The molecule has 4 aromatic rings. The van der Waals surface area contributed by atoms with E-state index in [2.05, 4.69) is 9.97 Å². The first kappa shape index (κ1) is 25.8. The van der Waals surface area contributed by atoms with Gasteiger partial charge in [-0.1, -0.05) is 23.7 Å². The molecule has 0 aliphatic carbocycles. The number of carbonyl (C=O) groups is 3. The Bertz CT molecular complexity index is 1580. The monoisotopic (exact) mass is 548 g/mol. The zero-order valence-corrected chi connectivity index (χ0v) is 20.9. The molecule has 0 aliphatic rings. The van der Waals surface area contributed by atoms with Crippen molar-refractivity contribution in [3.05, 3.63) is 81.0 Å². The highest BCUT2D eigenvalue weighted by Crippen LogP contribution is 2.31. The second-order valence-electron chi connectivity index (χ2n) is 7.76. The maximum Gasteiger partial charge on any atom is 0.245 e. The topological polar surface area (TPSA) is 152 Å². The minimum Gasteiger partial charge on any atom is -0.341 e. The minimum atomic E-state index is -4.62. The molecule has 4 N–H and O–H groups in total. The highest BCUT2D eigenvalue weighted by molar-refractivity contribution is 7.89. The third kappa shape index (κ3) is 5.13. The van der Waals surface area contributed by atoms with Crippen molar-refractivity contribution in [2.24, 2.45) is 5.73 Å². The molecule has 0 spiro atoms. The van der Waals surface area contributed by atoms with E-state index in [1.165, 1.54) is 12.1 Å². The fourth-order valence-electron chi connectivity index (χ4n) is 3.41. The quantitative estimate of drug-likeness (QED) is 0.164. The number of nitrogens with zero attached hydrogens (tertiary/aromatic N) is 1. The summed E-state index contributed by atoms with van der Waals surface area (Å²) in [5.41, 5.74) is 6.27. The normalized spacial score (nSPS) is 13.4. The number of H-pyrrole nitrogens is 1. The largest absolute Gasteiger partial charge is 0.341 e. The maximum absolute atomic E-state index is 14.5. The zero-order chi connectivity index (χ0) is 26.2. The SMILES string of the molecule is CC(=O)C(N)NS(=O)(=O)c1cc(C(=O)C(C(=O)c2ccc(Cl)s2)c2nc3ccccc3[nH]2)ccc1F. The van der Waals surface area contributed by atoms with E-state index in [1.54, 1.807) is 24.3 Å². The first-order chi connectivity index (χ1) is 17.0. The van der Waals surface area contributed by atoms with Gasteiger partial charge in [-0.3, -0.25) is 14.4 Å². The van der Waals surface area contributed by atoms with Crippen LogP contribution in [-0.2, 0) is 14.8 Å². The van der Waals surface area contributed by atoms with Gasteiger partial charge in [0.25, 0.3) is 0 Å². The Morgan fingerprint density at radius 3 is 2.47 bits per heavy atom. The lowest BCUT2D eigenvalue weighted by molar-refractivity contribution is -0.118. The number of ketones is 3. The summed E-state index contributed by atoms with van der Waals surface area (Å²) in [7, 11) is -4.62. The van der Waals surface area contributed by atoms with Crippen molar-refractivity contribution >= 4 is 61.3 Å². The highest BCUT2D eigenvalue weighted by Gasteiger charge is 2.35. The van der Waals surface area contributed by atoms with Crippen LogP contribution >= 0.6 is 22.9 Å². The van der Waals surface area contributed by atoms with Crippen molar-refractivity contribution in [1.29, 1.82) is 0 Å². The summed E-state index contributed by atoms with van der Waals surface area (Å²) >= 11 is 6.94.